The minimum absolute atomic E-state index is 0.214. The van der Waals surface area contributed by atoms with Gasteiger partial charge in [-0.1, -0.05) is 29.3 Å². The quantitative estimate of drug-likeness (QED) is 0.647. The molecule has 8 heavy (non-hydrogen) atoms. The Balaban J connectivity index is 3.29. The molecule has 0 amide bonds. The van der Waals surface area contributed by atoms with Gasteiger partial charge in [-0.3, -0.25) is 0 Å². The van der Waals surface area contributed by atoms with Crippen LogP contribution in [-0.2, 0) is 0 Å². The minimum Gasteiger partial charge on any atom is -0.393 e. The summed E-state index contributed by atoms with van der Waals surface area (Å²) in [7, 11) is 0. The van der Waals surface area contributed by atoms with Gasteiger partial charge >= 0.3 is 0 Å². The summed E-state index contributed by atoms with van der Waals surface area (Å²) in [6, 6.07) is 0. The van der Waals surface area contributed by atoms with Crippen molar-refractivity contribution >= 4 is 23.2 Å². The number of halogens is 2. The molecule has 0 saturated carbocycles. The van der Waals surface area contributed by atoms with Gasteiger partial charge in [-0.15, -0.1) is 0 Å². The van der Waals surface area contributed by atoms with E-state index in [1.165, 1.54) is 0 Å². The highest BCUT2D eigenvalue weighted by Gasteiger charge is 1.90. The first-order valence-corrected chi connectivity index (χ1v) is 3.07. The van der Waals surface area contributed by atoms with Crippen molar-refractivity contribution in [3.8, 4) is 0 Å². The van der Waals surface area contributed by atoms with Crippen molar-refractivity contribution in [2.45, 2.75) is 19.4 Å². The van der Waals surface area contributed by atoms with Crippen LogP contribution in [0.5, 0.6) is 0 Å². The first-order valence-electron chi connectivity index (χ1n) is 2.32. The van der Waals surface area contributed by atoms with Crippen LogP contribution >= 0.6 is 23.2 Å². The van der Waals surface area contributed by atoms with Crippen LogP contribution in [0.3, 0.4) is 0 Å². The van der Waals surface area contributed by atoms with Crippen molar-refractivity contribution in [3.63, 3.8) is 0 Å². The molecule has 0 aromatic heterocycles. The maximum atomic E-state index is 8.64. The van der Waals surface area contributed by atoms with Crippen LogP contribution in [0.2, 0.25) is 0 Å². The minimum atomic E-state index is -0.359. The summed E-state index contributed by atoms with van der Waals surface area (Å²) < 4.78 is 0.214. The standard InChI is InChI=1S/C5H8Cl2O/c1-4(8)2-3-5(6)7/h3-4,8H,2H2,1H3. The zero-order valence-corrected chi connectivity index (χ0v) is 6.08. The number of aliphatic hydroxyl groups is 1. The lowest BCUT2D eigenvalue weighted by Gasteiger charge is -1.94. The van der Waals surface area contributed by atoms with E-state index in [1.807, 2.05) is 0 Å². The summed E-state index contributed by atoms with van der Waals surface area (Å²) in [5, 5.41) is 8.64. The second-order valence-electron chi connectivity index (χ2n) is 1.58. The van der Waals surface area contributed by atoms with Crippen LogP contribution in [0.1, 0.15) is 13.3 Å². The third-order valence-corrected chi connectivity index (χ3v) is 0.922. The van der Waals surface area contributed by atoms with Gasteiger partial charge in [-0.2, -0.15) is 0 Å². The smallest absolute Gasteiger partial charge is 0.102 e. The number of rotatable bonds is 2. The molecule has 0 rings (SSSR count). The van der Waals surface area contributed by atoms with Crippen molar-refractivity contribution < 1.29 is 5.11 Å². The third kappa shape index (κ3) is 6.28. The first kappa shape index (κ1) is 8.28. The van der Waals surface area contributed by atoms with Crippen LogP contribution in [0.25, 0.3) is 0 Å². The Bertz CT molecular complexity index is 84.4. The van der Waals surface area contributed by atoms with Gasteiger partial charge in [-0.05, 0) is 13.3 Å². The molecule has 48 valence electrons. The van der Waals surface area contributed by atoms with E-state index in [9.17, 15) is 0 Å². The highest BCUT2D eigenvalue weighted by Crippen LogP contribution is 2.07. The Morgan fingerprint density at radius 1 is 1.75 bits per heavy atom. The highest BCUT2D eigenvalue weighted by atomic mass is 35.5. The van der Waals surface area contributed by atoms with E-state index < -0.39 is 0 Å². The maximum Gasteiger partial charge on any atom is 0.102 e. The summed E-state index contributed by atoms with van der Waals surface area (Å²) in [4.78, 5) is 0. The molecule has 1 N–H and O–H groups in total. The van der Waals surface area contributed by atoms with E-state index in [0.717, 1.165) is 0 Å². The van der Waals surface area contributed by atoms with Crippen LogP contribution in [0.15, 0.2) is 10.6 Å². The molecular formula is C5H8Cl2O. The van der Waals surface area contributed by atoms with Crippen LogP contribution in [0, 0.1) is 0 Å². The van der Waals surface area contributed by atoms with Gasteiger partial charge in [-0.25, -0.2) is 0 Å². The summed E-state index contributed by atoms with van der Waals surface area (Å²) in [6.45, 7) is 1.67. The normalized spacial score (nSPS) is 13.0. The molecule has 0 aliphatic heterocycles. The Labute approximate surface area is 58.9 Å². The summed E-state index contributed by atoms with van der Waals surface area (Å²) in [5.74, 6) is 0. The molecule has 0 spiro atoms. The fraction of sp³-hybridized carbons (Fsp3) is 0.600. The average molecular weight is 155 g/mol. The fourth-order valence-electron chi connectivity index (χ4n) is 0.260. The lowest BCUT2D eigenvalue weighted by molar-refractivity contribution is 0.198. The van der Waals surface area contributed by atoms with Crippen molar-refractivity contribution in [3.05, 3.63) is 10.6 Å². The molecule has 0 aliphatic carbocycles. The number of hydrogen-bond donors (Lipinski definition) is 1. The van der Waals surface area contributed by atoms with Crippen molar-refractivity contribution in [1.29, 1.82) is 0 Å². The first-order chi connectivity index (χ1) is 3.63. The van der Waals surface area contributed by atoms with Gasteiger partial charge in [0.05, 0.1) is 6.10 Å². The maximum absolute atomic E-state index is 8.64. The lowest BCUT2D eigenvalue weighted by Crippen LogP contribution is -1.95. The van der Waals surface area contributed by atoms with Crippen molar-refractivity contribution in [2.24, 2.45) is 0 Å². The summed E-state index contributed by atoms with van der Waals surface area (Å²) in [6.07, 6.45) is 1.72. The van der Waals surface area contributed by atoms with Gasteiger partial charge in [0.1, 0.15) is 4.49 Å². The molecule has 0 heterocycles. The van der Waals surface area contributed by atoms with Crippen LogP contribution < -0.4 is 0 Å². The molecule has 3 heteroatoms. The van der Waals surface area contributed by atoms with E-state index in [-0.39, 0.29) is 10.6 Å². The van der Waals surface area contributed by atoms with E-state index in [0.29, 0.717) is 6.42 Å². The van der Waals surface area contributed by atoms with E-state index in [2.05, 4.69) is 0 Å². The predicted molar refractivity (Wildman–Crippen MR) is 36.1 cm³/mol. The summed E-state index contributed by atoms with van der Waals surface area (Å²) >= 11 is 10.5. The molecule has 1 atom stereocenters. The molecule has 0 aliphatic rings. The molecule has 0 saturated heterocycles. The van der Waals surface area contributed by atoms with Crippen LogP contribution in [0.4, 0.5) is 0 Å². The van der Waals surface area contributed by atoms with E-state index in [1.54, 1.807) is 13.0 Å². The average Bonchev–Trinajstić information content (AvgIpc) is 1.61. The predicted octanol–water partition coefficient (Wildman–Crippen LogP) is 2.08. The fourth-order valence-corrected chi connectivity index (χ4v) is 0.438. The van der Waals surface area contributed by atoms with Crippen LogP contribution in [-0.4, -0.2) is 11.2 Å². The Kier molecular flexibility index (Phi) is 4.33. The van der Waals surface area contributed by atoms with Gasteiger partial charge in [0.2, 0.25) is 0 Å². The summed E-state index contributed by atoms with van der Waals surface area (Å²) in [5.41, 5.74) is 0. The Morgan fingerprint density at radius 3 is 2.38 bits per heavy atom. The molecule has 0 aromatic rings. The zero-order chi connectivity index (χ0) is 6.57. The molecular weight excluding hydrogens is 147 g/mol. The largest absolute Gasteiger partial charge is 0.393 e. The van der Waals surface area contributed by atoms with Gasteiger partial charge in [0.25, 0.3) is 0 Å². The number of aliphatic hydroxyl groups excluding tert-OH is 1. The highest BCUT2D eigenvalue weighted by molar-refractivity contribution is 6.55. The molecule has 1 unspecified atom stereocenters. The van der Waals surface area contributed by atoms with Crippen molar-refractivity contribution in [2.75, 3.05) is 0 Å². The van der Waals surface area contributed by atoms with E-state index in [4.69, 9.17) is 28.3 Å². The van der Waals surface area contributed by atoms with Gasteiger partial charge < -0.3 is 5.11 Å². The Morgan fingerprint density at radius 2 is 2.25 bits per heavy atom. The molecule has 0 radical (unpaired) electrons. The molecule has 0 bridgehead atoms. The van der Waals surface area contributed by atoms with Gasteiger partial charge in [0, 0.05) is 0 Å². The zero-order valence-electron chi connectivity index (χ0n) is 4.56. The van der Waals surface area contributed by atoms with Crippen molar-refractivity contribution in [1.82, 2.24) is 0 Å². The topological polar surface area (TPSA) is 20.2 Å². The second kappa shape index (κ2) is 4.19. The van der Waals surface area contributed by atoms with Gasteiger partial charge in [0.15, 0.2) is 0 Å². The molecule has 0 aromatic carbocycles. The number of hydrogen-bond acceptors (Lipinski definition) is 1. The molecule has 1 nitrogen and oxygen atoms in total. The monoisotopic (exact) mass is 154 g/mol. The Hall–Kier alpha value is 0.280. The van der Waals surface area contributed by atoms with E-state index >= 15 is 0 Å². The lowest BCUT2D eigenvalue weighted by atomic mass is 10.3. The third-order valence-electron chi connectivity index (χ3n) is 0.613. The SMILES string of the molecule is CC(O)CC=C(Cl)Cl. The molecule has 0 fully saturated rings. The second-order valence-corrected chi connectivity index (χ2v) is 2.59.